The zero-order chi connectivity index (χ0) is 14.3. The van der Waals surface area contributed by atoms with Crippen molar-refractivity contribution in [2.45, 2.75) is 25.3 Å². The molecule has 6 heteroatoms. The predicted molar refractivity (Wildman–Crippen MR) is 76.3 cm³/mol. The molecule has 0 bridgehead atoms. The normalized spacial score (nSPS) is 13.4. The zero-order valence-electron chi connectivity index (χ0n) is 11.6. The molecule has 0 aliphatic heterocycles. The van der Waals surface area contributed by atoms with Gasteiger partial charge in [-0.15, -0.1) is 0 Å². The van der Waals surface area contributed by atoms with E-state index in [2.05, 4.69) is 10.0 Å². The van der Waals surface area contributed by atoms with E-state index in [4.69, 9.17) is 4.74 Å². The van der Waals surface area contributed by atoms with E-state index < -0.39 is 10.0 Å². The van der Waals surface area contributed by atoms with Crippen LogP contribution in [0.15, 0.2) is 24.3 Å². The molecule has 0 fully saturated rings. The molecule has 19 heavy (non-hydrogen) atoms. The van der Waals surface area contributed by atoms with Crippen molar-refractivity contribution in [3.63, 3.8) is 0 Å². The first-order chi connectivity index (χ1) is 8.96. The Labute approximate surface area is 115 Å². The first-order valence-corrected chi connectivity index (χ1v) is 7.83. The molecule has 0 aliphatic carbocycles. The van der Waals surface area contributed by atoms with Crippen molar-refractivity contribution >= 4 is 10.0 Å². The molecule has 1 atom stereocenters. The molecule has 0 radical (unpaired) electrons. The van der Waals surface area contributed by atoms with Crippen LogP contribution in [-0.4, -0.2) is 35.2 Å². The molecule has 0 aliphatic rings. The highest BCUT2D eigenvalue weighted by molar-refractivity contribution is 7.88. The Kier molecular flexibility index (Phi) is 6.44. The van der Waals surface area contributed by atoms with Gasteiger partial charge in [0.2, 0.25) is 10.0 Å². The molecule has 5 nitrogen and oxygen atoms in total. The van der Waals surface area contributed by atoms with Gasteiger partial charge in [-0.05, 0) is 25.1 Å². The topological polar surface area (TPSA) is 67.4 Å². The lowest BCUT2D eigenvalue weighted by atomic mass is 10.1. The maximum Gasteiger partial charge on any atom is 0.216 e. The number of hydrogen-bond acceptors (Lipinski definition) is 4. The molecule has 0 amide bonds. The zero-order valence-corrected chi connectivity index (χ0v) is 12.5. The Morgan fingerprint density at radius 3 is 2.63 bits per heavy atom. The van der Waals surface area contributed by atoms with E-state index in [1.54, 1.807) is 14.0 Å². The highest BCUT2D eigenvalue weighted by Gasteiger charge is 2.15. The fraction of sp³-hybridized carbons (Fsp3) is 0.538. The Hall–Kier alpha value is -0.950. The second kappa shape index (κ2) is 7.59. The van der Waals surface area contributed by atoms with E-state index in [1.807, 2.05) is 31.3 Å². The van der Waals surface area contributed by atoms with Crippen LogP contribution in [-0.2, 0) is 27.1 Å². The summed E-state index contributed by atoms with van der Waals surface area (Å²) in [6, 6.07) is 7.33. The number of rotatable bonds is 8. The predicted octanol–water partition coefficient (Wildman–Crippen LogP) is 0.860. The Morgan fingerprint density at radius 1 is 1.32 bits per heavy atom. The number of ether oxygens (including phenoxy) is 1. The van der Waals surface area contributed by atoms with Crippen LogP contribution in [0, 0.1) is 0 Å². The maximum absolute atomic E-state index is 12.0. The highest BCUT2D eigenvalue weighted by atomic mass is 32.2. The average molecular weight is 286 g/mol. The number of benzene rings is 1. The molecule has 1 unspecified atom stereocenters. The van der Waals surface area contributed by atoms with Crippen LogP contribution < -0.4 is 10.0 Å². The molecule has 0 saturated carbocycles. The minimum absolute atomic E-state index is 0.0153. The largest absolute Gasteiger partial charge is 0.383 e. The summed E-state index contributed by atoms with van der Waals surface area (Å²) in [4.78, 5) is 0. The van der Waals surface area contributed by atoms with Crippen molar-refractivity contribution in [3.8, 4) is 0 Å². The lowest BCUT2D eigenvalue weighted by Gasteiger charge is -2.13. The summed E-state index contributed by atoms with van der Waals surface area (Å²) in [6.07, 6.45) is 0. The standard InChI is InChI=1S/C13H22N2O3S/c1-11(9-18-3)15-19(16,17)10-13-6-4-5-12(7-13)8-14-2/h4-7,11,14-15H,8-10H2,1-3H3. The molecule has 108 valence electrons. The summed E-state index contributed by atoms with van der Waals surface area (Å²) in [6.45, 7) is 2.86. The molecular weight excluding hydrogens is 264 g/mol. The summed E-state index contributed by atoms with van der Waals surface area (Å²) in [5.74, 6) is -0.0153. The minimum atomic E-state index is -3.34. The number of nitrogens with one attached hydrogen (secondary N) is 2. The molecule has 1 aromatic carbocycles. The van der Waals surface area contributed by atoms with E-state index in [-0.39, 0.29) is 11.8 Å². The first kappa shape index (κ1) is 16.1. The van der Waals surface area contributed by atoms with Crippen molar-refractivity contribution in [2.75, 3.05) is 20.8 Å². The SMILES string of the molecule is CNCc1cccc(CS(=O)(=O)NC(C)COC)c1. The van der Waals surface area contributed by atoms with Crippen LogP contribution in [0.3, 0.4) is 0 Å². The van der Waals surface area contributed by atoms with Gasteiger partial charge in [0.1, 0.15) is 0 Å². The molecule has 0 spiro atoms. The Bertz CT molecular complexity index is 488. The summed E-state index contributed by atoms with van der Waals surface area (Å²) >= 11 is 0. The first-order valence-electron chi connectivity index (χ1n) is 6.18. The van der Waals surface area contributed by atoms with Gasteiger partial charge in [0.25, 0.3) is 0 Å². The van der Waals surface area contributed by atoms with Crippen molar-refractivity contribution < 1.29 is 13.2 Å². The molecule has 2 N–H and O–H groups in total. The van der Waals surface area contributed by atoms with Crippen LogP contribution in [0.5, 0.6) is 0 Å². The highest BCUT2D eigenvalue weighted by Crippen LogP contribution is 2.09. The minimum Gasteiger partial charge on any atom is -0.383 e. The lowest BCUT2D eigenvalue weighted by molar-refractivity contribution is 0.180. The van der Waals surface area contributed by atoms with Gasteiger partial charge in [0.15, 0.2) is 0 Å². The second-order valence-electron chi connectivity index (χ2n) is 4.58. The van der Waals surface area contributed by atoms with Gasteiger partial charge in [-0.25, -0.2) is 13.1 Å². The average Bonchev–Trinajstić information content (AvgIpc) is 2.28. The van der Waals surface area contributed by atoms with Gasteiger partial charge in [0, 0.05) is 19.7 Å². The fourth-order valence-electron chi connectivity index (χ4n) is 1.89. The molecule has 1 rings (SSSR count). The van der Waals surface area contributed by atoms with Gasteiger partial charge < -0.3 is 10.1 Å². The van der Waals surface area contributed by atoms with Gasteiger partial charge in [0.05, 0.1) is 12.4 Å². The third-order valence-electron chi connectivity index (χ3n) is 2.53. The third-order valence-corrected chi connectivity index (χ3v) is 4.00. The molecule has 1 aromatic rings. The van der Waals surface area contributed by atoms with Crippen LogP contribution in [0.1, 0.15) is 18.1 Å². The van der Waals surface area contributed by atoms with Gasteiger partial charge in [-0.3, -0.25) is 0 Å². The lowest BCUT2D eigenvalue weighted by Crippen LogP contribution is -2.36. The monoisotopic (exact) mass is 286 g/mol. The van der Waals surface area contributed by atoms with E-state index in [0.717, 1.165) is 17.7 Å². The second-order valence-corrected chi connectivity index (χ2v) is 6.34. The van der Waals surface area contributed by atoms with E-state index >= 15 is 0 Å². The van der Waals surface area contributed by atoms with E-state index in [9.17, 15) is 8.42 Å². The summed E-state index contributed by atoms with van der Waals surface area (Å²) < 4.78 is 31.4. The van der Waals surface area contributed by atoms with Crippen LogP contribution in [0.4, 0.5) is 0 Å². The van der Waals surface area contributed by atoms with Crippen molar-refractivity contribution in [1.29, 1.82) is 0 Å². The number of sulfonamides is 1. The molecular formula is C13H22N2O3S. The van der Waals surface area contributed by atoms with Crippen LogP contribution in [0.2, 0.25) is 0 Å². The van der Waals surface area contributed by atoms with E-state index in [0.29, 0.717) is 6.61 Å². The summed E-state index contributed by atoms with van der Waals surface area (Å²) in [5, 5.41) is 3.04. The molecule has 0 saturated heterocycles. The number of hydrogen-bond donors (Lipinski definition) is 2. The fourth-order valence-corrected chi connectivity index (χ4v) is 3.27. The van der Waals surface area contributed by atoms with Gasteiger partial charge >= 0.3 is 0 Å². The van der Waals surface area contributed by atoms with Crippen LogP contribution >= 0.6 is 0 Å². The maximum atomic E-state index is 12.0. The smallest absolute Gasteiger partial charge is 0.216 e. The van der Waals surface area contributed by atoms with Gasteiger partial charge in [-0.1, -0.05) is 24.3 Å². The third kappa shape index (κ3) is 6.15. The quantitative estimate of drug-likeness (QED) is 0.744. The van der Waals surface area contributed by atoms with Crippen LogP contribution in [0.25, 0.3) is 0 Å². The summed E-state index contributed by atoms with van der Waals surface area (Å²) in [7, 11) is 0.0680. The van der Waals surface area contributed by atoms with E-state index in [1.165, 1.54) is 0 Å². The Morgan fingerprint density at radius 2 is 2.00 bits per heavy atom. The van der Waals surface area contributed by atoms with Crippen molar-refractivity contribution in [2.24, 2.45) is 0 Å². The van der Waals surface area contributed by atoms with Gasteiger partial charge in [-0.2, -0.15) is 0 Å². The van der Waals surface area contributed by atoms with Crippen molar-refractivity contribution in [3.05, 3.63) is 35.4 Å². The molecule has 0 heterocycles. The number of methoxy groups -OCH3 is 1. The Balaban J connectivity index is 2.69. The summed E-state index contributed by atoms with van der Waals surface area (Å²) in [5.41, 5.74) is 1.85. The van der Waals surface area contributed by atoms with Crippen molar-refractivity contribution in [1.82, 2.24) is 10.0 Å². The molecule has 0 aromatic heterocycles.